The number of anilines is 1. The van der Waals surface area contributed by atoms with Gasteiger partial charge in [-0.2, -0.15) is 0 Å². The van der Waals surface area contributed by atoms with E-state index >= 15 is 0 Å². The number of carbonyl (C=O) groups is 1. The van der Waals surface area contributed by atoms with Crippen molar-refractivity contribution >= 4 is 41.7 Å². The molecule has 1 saturated heterocycles. The SMILES string of the molecule is CCNC(=NCc1c(CC)noc1CC)NCCC(=O)N1CCN(c2ccccn2)CC1.I. The number of amides is 1. The molecule has 33 heavy (non-hydrogen) atoms. The van der Waals surface area contributed by atoms with Crippen LogP contribution in [-0.4, -0.2) is 66.2 Å². The van der Waals surface area contributed by atoms with E-state index in [4.69, 9.17) is 4.52 Å². The maximum Gasteiger partial charge on any atom is 0.224 e. The molecule has 0 saturated carbocycles. The van der Waals surface area contributed by atoms with Gasteiger partial charge in [-0.1, -0.05) is 25.1 Å². The number of aromatic nitrogens is 2. The van der Waals surface area contributed by atoms with Crippen molar-refractivity contribution in [3.63, 3.8) is 0 Å². The number of piperazine rings is 1. The number of nitrogens with one attached hydrogen (secondary N) is 2. The molecule has 0 atom stereocenters. The maximum absolute atomic E-state index is 12.7. The maximum atomic E-state index is 12.7. The number of carbonyl (C=O) groups excluding carboxylic acids is 1. The molecule has 2 aromatic rings. The van der Waals surface area contributed by atoms with E-state index in [1.165, 1.54) is 0 Å². The molecule has 9 nitrogen and oxygen atoms in total. The summed E-state index contributed by atoms with van der Waals surface area (Å²) in [4.78, 5) is 25.9. The number of aryl methyl sites for hydroxylation is 2. The van der Waals surface area contributed by atoms with Crippen molar-refractivity contribution in [3.05, 3.63) is 41.4 Å². The first-order chi connectivity index (χ1) is 15.7. The Bertz CT molecular complexity index is 859. The second-order valence-electron chi connectivity index (χ2n) is 7.67. The highest BCUT2D eigenvalue weighted by molar-refractivity contribution is 14.0. The van der Waals surface area contributed by atoms with Crippen LogP contribution in [0, 0.1) is 0 Å². The van der Waals surface area contributed by atoms with Crippen molar-refractivity contribution in [3.8, 4) is 0 Å². The van der Waals surface area contributed by atoms with E-state index in [1.54, 1.807) is 6.20 Å². The first-order valence-electron chi connectivity index (χ1n) is 11.6. The first kappa shape index (κ1) is 26.9. The number of hydrogen-bond acceptors (Lipinski definition) is 6. The van der Waals surface area contributed by atoms with Gasteiger partial charge in [-0.3, -0.25) is 4.79 Å². The van der Waals surface area contributed by atoms with Crippen molar-refractivity contribution in [1.29, 1.82) is 0 Å². The van der Waals surface area contributed by atoms with E-state index in [9.17, 15) is 4.79 Å². The lowest BCUT2D eigenvalue weighted by Crippen LogP contribution is -2.49. The predicted octanol–water partition coefficient (Wildman–Crippen LogP) is 2.61. The topological polar surface area (TPSA) is 98.9 Å². The van der Waals surface area contributed by atoms with E-state index in [2.05, 4.69) is 44.5 Å². The van der Waals surface area contributed by atoms with Gasteiger partial charge in [-0.05, 0) is 25.5 Å². The lowest BCUT2D eigenvalue weighted by molar-refractivity contribution is -0.131. The molecule has 0 aliphatic carbocycles. The van der Waals surface area contributed by atoms with Crippen molar-refractivity contribution < 1.29 is 9.32 Å². The van der Waals surface area contributed by atoms with Crippen molar-refractivity contribution in [2.75, 3.05) is 44.2 Å². The van der Waals surface area contributed by atoms with Crippen LogP contribution in [0.2, 0.25) is 0 Å². The molecule has 0 radical (unpaired) electrons. The fraction of sp³-hybridized carbons (Fsp3) is 0.565. The van der Waals surface area contributed by atoms with Gasteiger partial charge in [-0.15, -0.1) is 24.0 Å². The van der Waals surface area contributed by atoms with E-state index < -0.39 is 0 Å². The minimum absolute atomic E-state index is 0. The van der Waals surface area contributed by atoms with Crippen molar-refractivity contribution in [1.82, 2.24) is 25.7 Å². The van der Waals surface area contributed by atoms with E-state index in [-0.39, 0.29) is 29.9 Å². The van der Waals surface area contributed by atoms with Crippen molar-refractivity contribution in [2.45, 2.75) is 46.6 Å². The van der Waals surface area contributed by atoms with Crippen LogP contribution in [-0.2, 0) is 24.2 Å². The number of pyridine rings is 1. The molecule has 0 bridgehead atoms. The molecular formula is C23H36IN7O2. The summed E-state index contributed by atoms with van der Waals surface area (Å²) in [6, 6.07) is 5.92. The zero-order valence-corrected chi connectivity index (χ0v) is 22.2. The molecule has 10 heteroatoms. The Labute approximate surface area is 213 Å². The van der Waals surface area contributed by atoms with Crippen LogP contribution in [0.4, 0.5) is 5.82 Å². The lowest BCUT2D eigenvalue weighted by Gasteiger charge is -2.35. The standard InChI is InChI=1S/C23H35N7O2.HI/c1-4-19-18(20(5-2)32-28-19)17-27-23(24-6-3)26-12-10-22(31)30-15-13-29(14-16-30)21-9-7-8-11-25-21;/h7-9,11H,4-6,10,12-17H2,1-3H3,(H2,24,26,27);1H. The quantitative estimate of drug-likeness (QED) is 0.272. The van der Waals surface area contributed by atoms with Gasteiger partial charge in [0.05, 0.1) is 12.2 Å². The molecule has 3 heterocycles. The molecule has 0 unspecified atom stereocenters. The second-order valence-corrected chi connectivity index (χ2v) is 7.67. The summed E-state index contributed by atoms with van der Waals surface area (Å²) in [5.74, 6) is 2.72. The minimum Gasteiger partial charge on any atom is -0.361 e. The van der Waals surface area contributed by atoms with Gasteiger partial charge in [0, 0.05) is 63.9 Å². The molecule has 2 N–H and O–H groups in total. The molecule has 0 spiro atoms. The average molecular weight is 569 g/mol. The number of halogens is 1. The van der Waals surface area contributed by atoms with Crippen molar-refractivity contribution in [2.24, 2.45) is 4.99 Å². The zero-order chi connectivity index (χ0) is 22.8. The van der Waals surface area contributed by atoms with E-state index in [1.807, 2.05) is 30.0 Å². The molecular weight excluding hydrogens is 533 g/mol. The monoisotopic (exact) mass is 569 g/mol. The number of aliphatic imine (C=N–C) groups is 1. The molecule has 182 valence electrons. The van der Waals surface area contributed by atoms with Crippen LogP contribution in [0.25, 0.3) is 0 Å². The zero-order valence-electron chi connectivity index (χ0n) is 19.8. The summed E-state index contributed by atoms with van der Waals surface area (Å²) >= 11 is 0. The van der Waals surface area contributed by atoms with Gasteiger partial charge in [0.1, 0.15) is 11.6 Å². The van der Waals surface area contributed by atoms with Crippen LogP contribution < -0.4 is 15.5 Å². The summed E-state index contributed by atoms with van der Waals surface area (Å²) in [7, 11) is 0. The Hall–Kier alpha value is -2.37. The number of rotatable bonds is 9. The third kappa shape index (κ3) is 7.58. The number of nitrogens with zero attached hydrogens (tertiary/aromatic N) is 5. The molecule has 0 aromatic carbocycles. The highest BCUT2D eigenvalue weighted by atomic mass is 127. The van der Waals surface area contributed by atoms with Gasteiger partial charge >= 0.3 is 0 Å². The summed E-state index contributed by atoms with van der Waals surface area (Å²) in [6.07, 6.45) is 3.85. The average Bonchev–Trinajstić information content (AvgIpc) is 3.25. The first-order valence-corrected chi connectivity index (χ1v) is 11.6. The highest BCUT2D eigenvalue weighted by Gasteiger charge is 2.21. The Morgan fingerprint density at radius 1 is 1.12 bits per heavy atom. The van der Waals surface area contributed by atoms with Crippen LogP contribution in [0.3, 0.4) is 0 Å². The molecule has 3 rings (SSSR count). The Morgan fingerprint density at radius 2 is 1.91 bits per heavy atom. The Balaban J connectivity index is 0.00000385. The van der Waals surface area contributed by atoms with Crippen LogP contribution >= 0.6 is 24.0 Å². The van der Waals surface area contributed by atoms with Crippen LogP contribution in [0.5, 0.6) is 0 Å². The molecule has 1 aliphatic rings. The summed E-state index contributed by atoms with van der Waals surface area (Å²) in [5, 5.41) is 10.7. The van der Waals surface area contributed by atoms with Gasteiger partial charge < -0.3 is 25.0 Å². The predicted molar refractivity (Wildman–Crippen MR) is 141 cm³/mol. The summed E-state index contributed by atoms with van der Waals surface area (Å²) in [6.45, 7) is 11.0. The normalized spacial score (nSPS) is 14.1. The van der Waals surface area contributed by atoms with Gasteiger partial charge in [0.2, 0.25) is 5.91 Å². The summed E-state index contributed by atoms with van der Waals surface area (Å²) in [5.41, 5.74) is 2.02. The molecule has 1 aliphatic heterocycles. The Kier molecular flexibility index (Phi) is 11.4. The molecule has 2 aromatic heterocycles. The van der Waals surface area contributed by atoms with E-state index in [0.717, 1.165) is 68.4 Å². The third-order valence-electron chi connectivity index (χ3n) is 5.58. The fourth-order valence-electron chi connectivity index (χ4n) is 3.79. The van der Waals surface area contributed by atoms with Gasteiger partial charge in [-0.25, -0.2) is 9.98 Å². The van der Waals surface area contributed by atoms with Crippen LogP contribution in [0.1, 0.15) is 44.2 Å². The van der Waals surface area contributed by atoms with Gasteiger partial charge in [0.15, 0.2) is 5.96 Å². The number of hydrogen-bond donors (Lipinski definition) is 2. The number of guanidine groups is 1. The second kappa shape index (κ2) is 14.0. The lowest BCUT2D eigenvalue weighted by atomic mass is 10.1. The Morgan fingerprint density at radius 3 is 2.55 bits per heavy atom. The van der Waals surface area contributed by atoms with E-state index in [0.29, 0.717) is 25.5 Å². The summed E-state index contributed by atoms with van der Waals surface area (Å²) < 4.78 is 5.43. The van der Waals surface area contributed by atoms with Crippen LogP contribution in [0.15, 0.2) is 33.9 Å². The molecule has 1 fully saturated rings. The van der Waals surface area contributed by atoms with Gasteiger partial charge in [0.25, 0.3) is 0 Å². The smallest absolute Gasteiger partial charge is 0.224 e. The fourth-order valence-corrected chi connectivity index (χ4v) is 3.79. The third-order valence-corrected chi connectivity index (χ3v) is 5.58. The largest absolute Gasteiger partial charge is 0.361 e. The molecule has 1 amide bonds. The minimum atomic E-state index is 0. The highest BCUT2D eigenvalue weighted by Crippen LogP contribution is 2.17.